The van der Waals surface area contributed by atoms with E-state index in [0.717, 1.165) is 16.9 Å². The zero-order valence-corrected chi connectivity index (χ0v) is 18.2. The van der Waals surface area contributed by atoms with Crippen LogP contribution in [-0.4, -0.2) is 23.4 Å². The van der Waals surface area contributed by atoms with Crippen molar-refractivity contribution in [2.45, 2.75) is 26.3 Å². The Bertz CT molecular complexity index is 1130. The molecule has 0 spiro atoms. The third-order valence-corrected chi connectivity index (χ3v) is 6.30. The average Bonchev–Trinajstić information content (AvgIpc) is 3.33. The number of carbonyl (C=O) groups is 2. The van der Waals surface area contributed by atoms with E-state index in [1.54, 1.807) is 36.4 Å². The van der Waals surface area contributed by atoms with Crippen LogP contribution in [0.5, 0.6) is 5.75 Å². The topological polar surface area (TPSA) is 66.8 Å². The average molecular weight is 434 g/mol. The second-order valence-electron chi connectivity index (χ2n) is 7.35. The summed E-state index contributed by atoms with van der Waals surface area (Å²) in [5.74, 6) is -0.829. The number of carbonyl (C=O) groups excluding carboxylic acids is 2. The monoisotopic (exact) mass is 433 g/mol. The highest BCUT2D eigenvalue weighted by Gasteiger charge is 2.47. The summed E-state index contributed by atoms with van der Waals surface area (Å²) in [5, 5.41) is 13.1. The Balaban J connectivity index is 1.83. The number of aliphatic hydroxyl groups is 1. The molecular formula is C25H23NO4S. The first-order valence-electron chi connectivity index (χ1n) is 10.2. The summed E-state index contributed by atoms with van der Waals surface area (Å²) in [5.41, 5.74) is 2.15. The molecule has 1 aliphatic rings. The van der Waals surface area contributed by atoms with Crippen molar-refractivity contribution in [1.29, 1.82) is 0 Å². The Morgan fingerprint density at radius 3 is 2.39 bits per heavy atom. The van der Waals surface area contributed by atoms with Crippen molar-refractivity contribution in [2.75, 3.05) is 11.5 Å². The molecule has 2 aromatic carbocycles. The lowest BCUT2D eigenvalue weighted by molar-refractivity contribution is -0.132. The maximum atomic E-state index is 13.1. The van der Waals surface area contributed by atoms with Gasteiger partial charge in [0.2, 0.25) is 0 Å². The Morgan fingerprint density at radius 1 is 1.06 bits per heavy atom. The van der Waals surface area contributed by atoms with E-state index >= 15 is 0 Å². The number of aliphatic hydroxyl groups excluding tert-OH is 1. The number of benzene rings is 2. The van der Waals surface area contributed by atoms with Crippen molar-refractivity contribution >= 4 is 34.5 Å². The molecular weight excluding hydrogens is 410 g/mol. The van der Waals surface area contributed by atoms with Crippen molar-refractivity contribution in [3.05, 3.63) is 87.6 Å². The quantitative estimate of drug-likeness (QED) is 0.318. The fraction of sp³-hybridized carbons (Fsp3) is 0.200. The second-order valence-corrected chi connectivity index (χ2v) is 8.29. The second kappa shape index (κ2) is 8.78. The van der Waals surface area contributed by atoms with E-state index in [0.29, 0.717) is 23.6 Å². The number of rotatable bonds is 6. The SMILES string of the molecule is CCCOc1ccc(/C(O)=C2/C(=O)C(=O)N(c3ccccc3)C2c2sccc2C)cc1. The van der Waals surface area contributed by atoms with Crippen molar-refractivity contribution in [2.24, 2.45) is 0 Å². The van der Waals surface area contributed by atoms with Crippen LogP contribution in [0.25, 0.3) is 5.76 Å². The van der Waals surface area contributed by atoms with Crippen LogP contribution in [0.1, 0.15) is 35.4 Å². The van der Waals surface area contributed by atoms with E-state index in [4.69, 9.17) is 4.74 Å². The molecule has 1 atom stereocenters. The van der Waals surface area contributed by atoms with Gasteiger partial charge < -0.3 is 9.84 Å². The molecule has 158 valence electrons. The van der Waals surface area contributed by atoms with Crippen LogP contribution in [0.3, 0.4) is 0 Å². The number of hydrogen-bond donors (Lipinski definition) is 1. The summed E-state index contributed by atoms with van der Waals surface area (Å²) in [6.07, 6.45) is 0.894. The van der Waals surface area contributed by atoms with Crippen molar-refractivity contribution in [1.82, 2.24) is 0 Å². The zero-order valence-electron chi connectivity index (χ0n) is 17.4. The van der Waals surface area contributed by atoms with Crippen molar-refractivity contribution in [3.63, 3.8) is 0 Å². The van der Waals surface area contributed by atoms with Crippen molar-refractivity contribution in [3.8, 4) is 5.75 Å². The number of Topliss-reactive ketones (excluding diaryl/α,β-unsaturated/α-hetero) is 1. The molecule has 1 aliphatic heterocycles. The largest absolute Gasteiger partial charge is 0.507 e. The number of thiophene rings is 1. The maximum Gasteiger partial charge on any atom is 0.300 e. The van der Waals surface area contributed by atoms with E-state index in [2.05, 4.69) is 0 Å². The normalized spacial score (nSPS) is 17.9. The molecule has 1 amide bonds. The molecule has 1 fully saturated rings. The number of ketones is 1. The van der Waals surface area contributed by atoms with Gasteiger partial charge in [0, 0.05) is 16.1 Å². The lowest BCUT2D eigenvalue weighted by Crippen LogP contribution is -2.29. The molecule has 6 heteroatoms. The fourth-order valence-corrected chi connectivity index (χ4v) is 4.71. The molecule has 4 rings (SSSR count). The number of anilines is 1. The molecule has 1 N–H and O–H groups in total. The minimum atomic E-state index is -0.689. The summed E-state index contributed by atoms with van der Waals surface area (Å²) in [7, 11) is 0. The molecule has 5 nitrogen and oxygen atoms in total. The lowest BCUT2D eigenvalue weighted by atomic mass is 9.98. The van der Waals surface area contributed by atoms with Crippen LogP contribution >= 0.6 is 11.3 Å². The minimum absolute atomic E-state index is 0.0987. The highest BCUT2D eigenvalue weighted by Crippen LogP contribution is 2.44. The Morgan fingerprint density at radius 2 is 1.77 bits per heavy atom. The van der Waals surface area contributed by atoms with Crippen LogP contribution < -0.4 is 9.64 Å². The van der Waals surface area contributed by atoms with E-state index < -0.39 is 17.7 Å². The predicted molar refractivity (Wildman–Crippen MR) is 123 cm³/mol. The number of amides is 1. The molecule has 3 aromatic rings. The van der Waals surface area contributed by atoms with Gasteiger partial charge >= 0.3 is 0 Å². The predicted octanol–water partition coefficient (Wildman–Crippen LogP) is 5.47. The van der Waals surface area contributed by atoms with Gasteiger partial charge in [-0.1, -0.05) is 25.1 Å². The van der Waals surface area contributed by atoms with Crippen LogP contribution in [0.4, 0.5) is 5.69 Å². The Hall–Kier alpha value is -3.38. The van der Waals surface area contributed by atoms with Gasteiger partial charge in [-0.25, -0.2) is 0 Å². The van der Waals surface area contributed by atoms with Gasteiger partial charge in [0.15, 0.2) is 0 Å². The number of para-hydroxylation sites is 1. The van der Waals surface area contributed by atoms with Crippen LogP contribution in [0.2, 0.25) is 0 Å². The number of ether oxygens (including phenoxy) is 1. The lowest BCUT2D eigenvalue weighted by Gasteiger charge is -2.25. The standard InChI is InChI=1S/C25H23NO4S/c1-3-14-30-19-11-9-17(10-12-19)22(27)20-21(24-16(2)13-15-31-24)26(25(29)23(20)28)18-7-5-4-6-8-18/h4-13,15,21,27H,3,14H2,1-2H3/b22-20-. The van der Waals surface area contributed by atoms with Crippen LogP contribution in [0, 0.1) is 6.92 Å². The minimum Gasteiger partial charge on any atom is -0.507 e. The van der Waals surface area contributed by atoms with E-state index in [1.807, 2.05) is 43.5 Å². The van der Waals surface area contributed by atoms with Gasteiger partial charge in [0.25, 0.3) is 11.7 Å². The van der Waals surface area contributed by atoms with Gasteiger partial charge in [-0.3, -0.25) is 14.5 Å². The fourth-order valence-electron chi connectivity index (χ4n) is 3.68. The maximum absolute atomic E-state index is 13.1. The molecule has 0 radical (unpaired) electrons. The molecule has 31 heavy (non-hydrogen) atoms. The smallest absolute Gasteiger partial charge is 0.300 e. The van der Waals surface area contributed by atoms with Gasteiger partial charge in [-0.05, 0) is 66.8 Å². The van der Waals surface area contributed by atoms with Gasteiger partial charge in [-0.15, -0.1) is 11.3 Å². The number of nitrogens with zero attached hydrogens (tertiary/aromatic N) is 1. The highest BCUT2D eigenvalue weighted by molar-refractivity contribution is 7.10. The third kappa shape index (κ3) is 3.86. The molecule has 2 heterocycles. The molecule has 0 bridgehead atoms. The van der Waals surface area contributed by atoms with Gasteiger partial charge in [-0.2, -0.15) is 0 Å². The van der Waals surface area contributed by atoms with E-state index in [-0.39, 0.29) is 11.3 Å². The molecule has 1 unspecified atom stereocenters. The van der Waals surface area contributed by atoms with E-state index in [9.17, 15) is 14.7 Å². The summed E-state index contributed by atoms with van der Waals surface area (Å²) < 4.78 is 5.60. The molecule has 0 aliphatic carbocycles. The highest BCUT2D eigenvalue weighted by atomic mass is 32.1. The third-order valence-electron chi connectivity index (χ3n) is 5.23. The van der Waals surface area contributed by atoms with Crippen LogP contribution in [-0.2, 0) is 9.59 Å². The first-order valence-corrected chi connectivity index (χ1v) is 11.0. The Labute approximate surface area is 185 Å². The Kier molecular flexibility index (Phi) is 5.91. The van der Waals surface area contributed by atoms with E-state index in [1.165, 1.54) is 16.2 Å². The van der Waals surface area contributed by atoms with Gasteiger partial charge in [0.1, 0.15) is 17.6 Å². The summed E-state index contributed by atoms with van der Waals surface area (Å²) in [6, 6.07) is 17.3. The molecule has 1 aromatic heterocycles. The van der Waals surface area contributed by atoms with Gasteiger partial charge in [0.05, 0.1) is 12.2 Å². The number of aryl methyl sites for hydroxylation is 1. The van der Waals surface area contributed by atoms with Crippen LogP contribution in [0.15, 0.2) is 71.6 Å². The first kappa shape index (κ1) is 20.9. The summed E-state index contributed by atoms with van der Waals surface area (Å²) in [6.45, 7) is 4.57. The van der Waals surface area contributed by atoms with Crippen molar-refractivity contribution < 1.29 is 19.4 Å². The summed E-state index contributed by atoms with van der Waals surface area (Å²) >= 11 is 1.47. The molecule has 1 saturated heterocycles. The summed E-state index contributed by atoms with van der Waals surface area (Å²) in [4.78, 5) is 28.5. The first-order chi connectivity index (χ1) is 15.0. The molecule has 0 saturated carbocycles. The zero-order chi connectivity index (χ0) is 22.0. The number of hydrogen-bond acceptors (Lipinski definition) is 5.